The van der Waals surface area contributed by atoms with Gasteiger partial charge < -0.3 is 0 Å². The van der Waals surface area contributed by atoms with E-state index in [1.807, 2.05) is 18.2 Å². The van der Waals surface area contributed by atoms with Crippen LogP contribution in [-0.2, 0) is 5.41 Å². The van der Waals surface area contributed by atoms with E-state index in [1.54, 1.807) is 0 Å². The van der Waals surface area contributed by atoms with Crippen molar-refractivity contribution in [3.63, 3.8) is 0 Å². The van der Waals surface area contributed by atoms with Crippen molar-refractivity contribution in [2.24, 2.45) is 0 Å². The smallest absolute Gasteiger partial charge is 0.0329 e. The molecule has 0 spiro atoms. The maximum absolute atomic E-state index is 5.86. The normalized spacial score (nSPS) is 11.6. The van der Waals surface area contributed by atoms with Gasteiger partial charge in [0.15, 0.2) is 0 Å². The molecule has 1 aromatic rings. The van der Waals surface area contributed by atoms with Gasteiger partial charge in [-0.2, -0.15) is 0 Å². The second-order valence-electron chi connectivity index (χ2n) is 3.19. The minimum absolute atomic E-state index is 0.0929. The SMILES string of the molecule is CC(CCl)(CCl)c1ccccc1. The number of alkyl halides is 2. The molecule has 0 atom stereocenters. The van der Waals surface area contributed by atoms with Gasteiger partial charge in [0.1, 0.15) is 0 Å². The molecule has 0 saturated carbocycles. The summed E-state index contributed by atoms with van der Waals surface area (Å²) in [5.41, 5.74) is 1.11. The van der Waals surface area contributed by atoms with Crippen LogP contribution in [0.5, 0.6) is 0 Å². The van der Waals surface area contributed by atoms with Gasteiger partial charge in [0, 0.05) is 17.2 Å². The van der Waals surface area contributed by atoms with Crippen LogP contribution >= 0.6 is 23.2 Å². The van der Waals surface area contributed by atoms with E-state index in [0.717, 1.165) is 0 Å². The first-order valence-electron chi connectivity index (χ1n) is 3.90. The van der Waals surface area contributed by atoms with E-state index in [1.165, 1.54) is 5.56 Å². The van der Waals surface area contributed by atoms with Crippen molar-refractivity contribution < 1.29 is 0 Å². The van der Waals surface area contributed by atoms with Crippen molar-refractivity contribution in [1.82, 2.24) is 0 Å². The van der Waals surface area contributed by atoms with Crippen LogP contribution in [0.4, 0.5) is 0 Å². The topological polar surface area (TPSA) is 0 Å². The van der Waals surface area contributed by atoms with E-state index in [0.29, 0.717) is 11.8 Å². The van der Waals surface area contributed by atoms with Crippen LogP contribution in [0.15, 0.2) is 30.3 Å². The fraction of sp³-hybridized carbons (Fsp3) is 0.400. The largest absolute Gasteiger partial charge is 0.126 e. The second kappa shape index (κ2) is 4.15. The summed E-state index contributed by atoms with van der Waals surface area (Å²) in [4.78, 5) is 0. The fourth-order valence-electron chi connectivity index (χ4n) is 1.03. The summed E-state index contributed by atoms with van der Waals surface area (Å²) in [5.74, 6) is 1.11. The molecule has 12 heavy (non-hydrogen) atoms. The maximum Gasteiger partial charge on any atom is 0.0329 e. The molecule has 0 aromatic heterocycles. The van der Waals surface area contributed by atoms with Crippen molar-refractivity contribution in [2.45, 2.75) is 12.3 Å². The Balaban J connectivity index is 2.95. The Morgan fingerprint density at radius 3 is 2.00 bits per heavy atom. The highest BCUT2D eigenvalue weighted by atomic mass is 35.5. The predicted molar refractivity (Wildman–Crippen MR) is 55.2 cm³/mol. The average molecular weight is 203 g/mol. The molecule has 0 saturated heterocycles. The highest BCUT2D eigenvalue weighted by Gasteiger charge is 2.23. The number of halogens is 2. The lowest BCUT2D eigenvalue weighted by atomic mass is 9.87. The maximum atomic E-state index is 5.86. The Morgan fingerprint density at radius 2 is 1.58 bits per heavy atom. The van der Waals surface area contributed by atoms with Gasteiger partial charge >= 0.3 is 0 Å². The van der Waals surface area contributed by atoms with E-state index in [4.69, 9.17) is 23.2 Å². The first-order chi connectivity index (χ1) is 5.73. The van der Waals surface area contributed by atoms with Crippen LogP contribution in [-0.4, -0.2) is 11.8 Å². The summed E-state index contributed by atoms with van der Waals surface area (Å²) < 4.78 is 0. The lowest BCUT2D eigenvalue weighted by Crippen LogP contribution is -2.25. The number of hydrogen-bond donors (Lipinski definition) is 0. The van der Waals surface area contributed by atoms with Gasteiger partial charge in [-0.25, -0.2) is 0 Å². The summed E-state index contributed by atoms with van der Waals surface area (Å²) in [5, 5.41) is 0. The molecule has 0 aliphatic heterocycles. The van der Waals surface area contributed by atoms with Gasteiger partial charge in [-0.05, 0) is 5.56 Å². The molecule has 0 fully saturated rings. The quantitative estimate of drug-likeness (QED) is 0.660. The molecule has 2 heteroatoms. The van der Waals surface area contributed by atoms with Crippen molar-refractivity contribution in [1.29, 1.82) is 0 Å². The summed E-state index contributed by atoms with van der Waals surface area (Å²) >= 11 is 11.7. The molecule has 1 aromatic carbocycles. The Labute approximate surface area is 83.5 Å². The Kier molecular flexibility index (Phi) is 3.42. The van der Waals surface area contributed by atoms with Gasteiger partial charge in [0.25, 0.3) is 0 Å². The summed E-state index contributed by atoms with van der Waals surface area (Å²) in [7, 11) is 0. The number of hydrogen-bond acceptors (Lipinski definition) is 0. The van der Waals surface area contributed by atoms with Gasteiger partial charge in [-0.15, -0.1) is 23.2 Å². The van der Waals surface area contributed by atoms with Crippen LogP contribution in [0.1, 0.15) is 12.5 Å². The molecule has 0 aliphatic carbocycles. The minimum Gasteiger partial charge on any atom is -0.126 e. The van der Waals surface area contributed by atoms with Gasteiger partial charge in [0.05, 0.1) is 0 Å². The summed E-state index contributed by atoms with van der Waals surface area (Å²) in [6.45, 7) is 2.07. The first-order valence-corrected chi connectivity index (χ1v) is 4.97. The van der Waals surface area contributed by atoms with Gasteiger partial charge in [0.2, 0.25) is 0 Å². The molecule has 0 aliphatic rings. The van der Waals surface area contributed by atoms with Crippen LogP contribution < -0.4 is 0 Å². The number of benzene rings is 1. The Morgan fingerprint density at radius 1 is 1.08 bits per heavy atom. The number of rotatable bonds is 3. The second-order valence-corrected chi connectivity index (χ2v) is 3.73. The van der Waals surface area contributed by atoms with Crippen LogP contribution in [0, 0.1) is 0 Å². The molecular weight excluding hydrogens is 191 g/mol. The molecule has 0 nitrogen and oxygen atoms in total. The molecule has 0 bridgehead atoms. The lowest BCUT2D eigenvalue weighted by Gasteiger charge is -2.24. The molecular formula is C10H12Cl2. The first kappa shape index (κ1) is 9.88. The monoisotopic (exact) mass is 202 g/mol. The van der Waals surface area contributed by atoms with Gasteiger partial charge in [-0.3, -0.25) is 0 Å². The third-order valence-corrected chi connectivity index (χ3v) is 3.24. The highest BCUT2D eigenvalue weighted by molar-refractivity contribution is 6.22. The van der Waals surface area contributed by atoms with Crippen molar-refractivity contribution in [3.8, 4) is 0 Å². The van der Waals surface area contributed by atoms with E-state index in [-0.39, 0.29) is 5.41 Å². The Bertz CT molecular complexity index is 227. The fourth-order valence-corrected chi connectivity index (χ4v) is 1.62. The molecule has 0 unspecified atom stereocenters. The van der Waals surface area contributed by atoms with Crippen molar-refractivity contribution in [3.05, 3.63) is 35.9 Å². The summed E-state index contributed by atoms with van der Waals surface area (Å²) in [6, 6.07) is 10.1. The zero-order valence-electron chi connectivity index (χ0n) is 7.06. The van der Waals surface area contributed by atoms with Crippen LogP contribution in [0.3, 0.4) is 0 Å². The van der Waals surface area contributed by atoms with Crippen LogP contribution in [0.25, 0.3) is 0 Å². The predicted octanol–water partition coefficient (Wildman–Crippen LogP) is 3.42. The standard InChI is InChI=1S/C10H12Cl2/c1-10(7-11,8-12)9-5-3-2-4-6-9/h2-6H,7-8H2,1H3. The Hall–Kier alpha value is -0.200. The third kappa shape index (κ3) is 1.94. The minimum atomic E-state index is -0.0929. The van der Waals surface area contributed by atoms with Crippen molar-refractivity contribution in [2.75, 3.05) is 11.8 Å². The van der Waals surface area contributed by atoms with Crippen LogP contribution in [0.2, 0.25) is 0 Å². The zero-order valence-corrected chi connectivity index (χ0v) is 8.57. The van der Waals surface area contributed by atoms with E-state index in [2.05, 4.69) is 19.1 Å². The van der Waals surface area contributed by atoms with Crippen molar-refractivity contribution >= 4 is 23.2 Å². The van der Waals surface area contributed by atoms with E-state index >= 15 is 0 Å². The van der Waals surface area contributed by atoms with Gasteiger partial charge in [-0.1, -0.05) is 37.3 Å². The highest BCUT2D eigenvalue weighted by Crippen LogP contribution is 2.26. The third-order valence-electron chi connectivity index (χ3n) is 2.06. The molecule has 1 rings (SSSR count). The average Bonchev–Trinajstić information content (AvgIpc) is 2.18. The molecule has 66 valence electrons. The summed E-state index contributed by atoms with van der Waals surface area (Å²) in [6.07, 6.45) is 0. The molecule has 0 heterocycles. The zero-order chi connectivity index (χ0) is 9.03. The van der Waals surface area contributed by atoms with E-state index < -0.39 is 0 Å². The molecule has 0 N–H and O–H groups in total. The molecule has 0 radical (unpaired) electrons. The lowest BCUT2D eigenvalue weighted by molar-refractivity contribution is 0.606. The molecule has 0 amide bonds. The van der Waals surface area contributed by atoms with E-state index in [9.17, 15) is 0 Å².